The lowest BCUT2D eigenvalue weighted by Crippen LogP contribution is -2.18. The van der Waals surface area contributed by atoms with Crippen molar-refractivity contribution in [2.75, 3.05) is 7.11 Å². The molecule has 2 aliphatic carbocycles. The second kappa shape index (κ2) is 11.1. The highest BCUT2D eigenvalue weighted by Crippen LogP contribution is 2.47. The van der Waals surface area contributed by atoms with Crippen LogP contribution >= 0.6 is 0 Å². The van der Waals surface area contributed by atoms with Gasteiger partial charge in [0.2, 0.25) is 0 Å². The molecule has 168 valence electrons. The van der Waals surface area contributed by atoms with Crippen molar-refractivity contribution in [3.8, 4) is 5.75 Å². The summed E-state index contributed by atoms with van der Waals surface area (Å²) < 4.78 is 19.3. The summed E-state index contributed by atoms with van der Waals surface area (Å²) in [6, 6.07) is 4.91. The van der Waals surface area contributed by atoms with Gasteiger partial charge >= 0.3 is 5.97 Å². The van der Waals surface area contributed by atoms with Crippen molar-refractivity contribution in [3.63, 3.8) is 0 Å². The number of phenols is 1. The van der Waals surface area contributed by atoms with Gasteiger partial charge < -0.3 is 9.84 Å². The molecule has 0 unspecified atom stereocenters. The molecule has 0 atom stereocenters. The first-order valence-corrected chi connectivity index (χ1v) is 11.0. The first-order valence-electron chi connectivity index (χ1n) is 11.0. The molecular formula is C26H34FNO3. The van der Waals surface area contributed by atoms with Crippen LogP contribution in [0.4, 0.5) is 4.39 Å². The van der Waals surface area contributed by atoms with E-state index in [1.54, 1.807) is 25.1 Å². The number of ether oxygens (including phenoxy) is 1. The van der Waals surface area contributed by atoms with Gasteiger partial charge in [0.1, 0.15) is 17.3 Å². The molecule has 0 bridgehead atoms. The van der Waals surface area contributed by atoms with Gasteiger partial charge in [0.05, 0.1) is 7.11 Å². The van der Waals surface area contributed by atoms with Crippen molar-refractivity contribution < 1.29 is 19.0 Å². The molecule has 4 nitrogen and oxygen atoms in total. The van der Waals surface area contributed by atoms with Gasteiger partial charge in [-0.25, -0.2) is 9.18 Å². The molecule has 2 N–H and O–H groups in total. The molecule has 1 aromatic carbocycles. The monoisotopic (exact) mass is 427 g/mol. The van der Waals surface area contributed by atoms with Crippen LogP contribution in [0.2, 0.25) is 0 Å². The van der Waals surface area contributed by atoms with Crippen LogP contribution in [0.5, 0.6) is 5.75 Å². The fourth-order valence-electron chi connectivity index (χ4n) is 3.71. The highest BCUT2D eigenvalue weighted by molar-refractivity contribution is 6.53. The zero-order valence-corrected chi connectivity index (χ0v) is 19.2. The Kier molecular flexibility index (Phi) is 8.78. The topological polar surface area (TPSA) is 70.4 Å². The van der Waals surface area contributed by atoms with Gasteiger partial charge in [-0.3, -0.25) is 5.41 Å². The third-order valence-electron chi connectivity index (χ3n) is 5.35. The van der Waals surface area contributed by atoms with Crippen LogP contribution in [0.1, 0.15) is 70.9 Å². The molecule has 0 amide bonds. The smallest absolute Gasteiger partial charge is 0.356 e. The minimum Gasteiger partial charge on any atom is -0.507 e. The summed E-state index contributed by atoms with van der Waals surface area (Å²) in [6.45, 7) is 8.23. The van der Waals surface area contributed by atoms with Crippen LogP contribution in [-0.4, -0.2) is 23.9 Å². The third-order valence-corrected chi connectivity index (χ3v) is 5.35. The first-order chi connectivity index (χ1) is 14.7. The maximum Gasteiger partial charge on any atom is 0.356 e. The lowest BCUT2D eigenvalue weighted by atomic mass is 9.73. The number of rotatable bonds is 5. The van der Waals surface area contributed by atoms with Gasteiger partial charge in [0.15, 0.2) is 0 Å². The maximum atomic E-state index is 14.6. The zero-order chi connectivity index (χ0) is 23.1. The normalized spacial score (nSPS) is 16.9. The third kappa shape index (κ3) is 5.93. The number of halogens is 1. The molecule has 3 rings (SSSR count). The van der Waals surface area contributed by atoms with Gasteiger partial charge in [-0.15, -0.1) is 0 Å². The number of esters is 1. The van der Waals surface area contributed by atoms with Crippen molar-refractivity contribution in [1.29, 1.82) is 5.41 Å². The Labute approximate surface area is 185 Å². The molecule has 1 fully saturated rings. The number of aromatic hydroxyl groups is 1. The quantitative estimate of drug-likeness (QED) is 0.399. The molecule has 31 heavy (non-hydrogen) atoms. The van der Waals surface area contributed by atoms with Crippen molar-refractivity contribution in [1.82, 2.24) is 0 Å². The Morgan fingerprint density at radius 2 is 1.94 bits per heavy atom. The second-order valence-electron chi connectivity index (χ2n) is 8.64. The number of benzene rings is 1. The highest BCUT2D eigenvalue weighted by atomic mass is 19.1. The molecule has 1 aromatic rings. The van der Waals surface area contributed by atoms with E-state index in [-0.39, 0.29) is 23.2 Å². The van der Waals surface area contributed by atoms with Gasteiger partial charge in [-0.2, -0.15) is 0 Å². The molecule has 0 radical (unpaired) electrons. The number of phenolic OH excluding ortho intramolecular Hbond substituents is 1. The molecule has 0 aromatic heterocycles. The van der Waals surface area contributed by atoms with Crippen LogP contribution in [0.3, 0.4) is 0 Å². The standard InChI is InChI=1S/C22H24FNO3.C4H10/c1-3-15(21(24)22(26)27-2)14-10-11-19(25)17(12-14)16-8-5-9-18(23)20(16)13-6-4-7-13;1-4(2)3/h3,8,10-13,24-25H,4-7,9H2,1-2H3;4H,1-3H3/b15-3-,24-21?;. The number of carbonyl (C=O) groups excluding carboxylic acids is 1. The average molecular weight is 428 g/mol. The largest absolute Gasteiger partial charge is 0.507 e. The summed E-state index contributed by atoms with van der Waals surface area (Å²) in [5.74, 6) is 0.289. The van der Waals surface area contributed by atoms with E-state index in [1.807, 2.05) is 6.08 Å². The summed E-state index contributed by atoms with van der Waals surface area (Å²) in [4.78, 5) is 11.8. The Morgan fingerprint density at radius 3 is 2.45 bits per heavy atom. The van der Waals surface area contributed by atoms with Gasteiger partial charge in [0, 0.05) is 17.6 Å². The van der Waals surface area contributed by atoms with E-state index in [1.165, 1.54) is 13.2 Å². The lowest BCUT2D eigenvalue weighted by Gasteiger charge is -2.32. The van der Waals surface area contributed by atoms with Crippen molar-refractivity contribution >= 4 is 22.8 Å². The van der Waals surface area contributed by atoms with E-state index < -0.39 is 5.97 Å². The van der Waals surface area contributed by atoms with Gasteiger partial charge in [-0.1, -0.05) is 45.4 Å². The minimum atomic E-state index is -0.726. The average Bonchev–Trinajstić information content (AvgIpc) is 2.68. The zero-order valence-electron chi connectivity index (χ0n) is 19.2. The fraction of sp³-hybridized carbons (Fsp3) is 0.462. The van der Waals surface area contributed by atoms with Crippen molar-refractivity contribution in [2.45, 2.75) is 59.8 Å². The Hall–Kier alpha value is -2.69. The summed E-state index contributed by atoms with van der Waals surface area (Å²) >= 11 is 0. The lowest BCUT2D eigenvalue weighted by molar-refractivity contribution is -0.132. The van der Waals surface area contributed by atoms with Crippen LogP contribution in [0.15, 0.2) is 41.8 Å². The molecule has 2 aliphatic rings. The summed E-state index contributed by atoms with van der Waals surface area (Å²) in [5, 5.41) is 18.5. The van der Waals surface area contributed by atoms with E-state index >= 15 is 0 Å². The highest BCUT2D eigenvalue weighted by Gasteiger charge is 2.31. The number of methoxy groups -OCH3 is 1. The van der Waals surface area contributed by atoms with E-state index in [2.05, 4.69) is 25.5 Å². The van der Waals surface area contributed by atoms with E-state index in [0.29, 0.717) is 35.1 Å². The molecule has 0 saturated heterocycles. The molecule has 0 aliphatic heterocycles. The predicted molar refractivity (Wildman–Crippen MR) is 125 cm³/mol. The summed E-state index contributed by atoms with van der Waals surface area (Å²) in [7, 11) is 1.23. The van der Waals surface area contributed by atoms with Crippen LogP contribution in [0.25, 0.3) is 11.1 Å². The number of hydrogen-bond acceptors (Lipinski definition) is 4. The van der Waals surface area contributed by atoms with Crippen LogP contribution in [-0.2, 0) is 9.53 Å². The Bertz CT molecular complexity index is 918. The maximum absolute atomic E-state index is 14.6. The second-order valence-corrected chi connectivity index (χ2v) is 8.64. The first kappa shape index (κ1) is 24.6. The number of nitrogens with one attached hydrogen (secondary N) is 1. The molecule has 5 heteroatoms. The van der Waals surface area contributed by atoms with Crippen LogP contribution in [0, 0.1) is 17.2 Å². The number of hydrogen-bond donors (Lipinski definition) is 2. The minimum absolute atomic E-state index is 0.0663. The van der Waals surface area contributed by atoms with Crippen molar-refractivity contribution in [3.05, 3.63) is 52.9 Å². The molecule has 0 spiro atoms. The van der Waals surface area contributed by atoms with Gasteiger partial charge in [-0.05, 0) is 66.9 Å². The predicted octanol–water partition coefficient (Wildman–Crippen LogP) is 6.85. The molecule has 0 heterocycles. The summed E-state index contributed by atoms with van der Waals surface area (Å²) in [6.07, 6.45) is 7.67. The van der Waals surface area contributed by atoms with E-state index in [9.17, 15) is 14.3 Å². The molecular weight excluding hydrogens is 393 g/mol. The number of carbonyl (C=O) groups is 1. The van der Waals surface area contributed by atoms with Gasteiger partial charge in [0.25, 0.3) is 0 Å². The number of allylic oxidation sites excluding steroid dienone is 5. The summed E-state index contributed by atoms with van der Waals surface area (Å²) in [5.41, 5.74) is 2.76. The van der Waals surface area contributed by atoms with Crippen molar-refractivity contribution in [2.24, 2.45) is 11.8 Å². The Morgan fingerprint density at radius 1 is 1.29 bits per heavy atom. The SMILES string of the molecule is C/C=C(\C(=N)C(=O)OC)c1ccc(O)c(C2=CCCC(F)=C2C2CCC2)c1.CC(C)C. The van der Waals surface area contributed by atoms with E-state index in [4.69, 9.17) is 5.41 Å². The van der Waals surface area contributed by atoms with E-state index in [0.717, 1.165) is 30.8 Å². The van der Waals surface area contributed by atoms with Crippen LogP contribution < -0.4 is 0 Å². The molecule has 1 saturated carbocycles. The fourth-order valence-corrected chi connectivity index (χ4v) is 3.71. The Balaban J connectivity index is 0.000000785.